The van der Waals surface area contributed by atoms with Crippen molar-refractivity contribution in [2.24, 2.45) is 4.99 Å². The van der Waals surface area contributed by atoms with Crippen molar-refractivity contribution < 1.29 is 4.74 Å². The molecule has 0 spiro atoms. The molecule has 0 bridgehead atoms. The number of rotatable bonds is 3. The van der Waals surface area contributed by atoms with Gasteiger partial charge in [0.2, 0.25) is 0 Å². The Balaban J connectivity index is 1.55. The fourth-order valence-electron chi connectivity index (χ4n) is 3.67. The molecule has 0 unspecified atom stereocenters. The van der Waals surface area contributed by atoms with Gasteiger partial charge in [0.05, 0.1) is 37.7 Å². The van der Waals surface area contributed by atoms with Gasteiger partial charge >= 0.3 is 0 Å². The van der Waals surface area contributed by atoms with E-state index in [0.717, 1.165) is 67.0 Å². The average Bonchev–Trinajstić information content (AvgIpc) is 3.06. The Hall–Kier alpha value is -2.54. The van der Waals surface area contributed by atoms with Gasteiger partial charge in [-0.05, 0) is 18.2 Å². The Morgan fingerprint density at radius 2 is 1.86 bits per heavy atom. The maximum Gasteiger partial charge on any atom is 0.165 e. The van der Waals surface area contributed by atoms with Crippen molar-refractivity contribution in [1.82, 2.24) is 19.7 Å². The number of hydrogen-bond donors (Lipinski definition) is 0. The highest BCUT2D eigenvalue weighted by molar-refractivity contribution is 6.31. The number of morpholine rings is 1. The Morgan fingerprint density at radius 3 is 2.68 bits per heavy atom. The van der Waals surface area contributed by atoms with Crippen molar-refractivity contribution >= 4 is 17.3 Å². The van der Waals surface area contributed by atoms with Gasteiger partial charge in [0.1, 0.15) is 0 Å². The van der Waals surface area contributed by atoms with Crippen LogP contribution in [0, 0.1) is 0 Å². The van der Waals surface area contributed by atoms with Gasteiger partial charge in [-0.25, -0.2) is 9.67 Å². The molecule has 0 aliphatic carbocycles. The number of hydrogen-bond acceptors (Lipinski definition) is 5. The molecule has 1 fully saturated rings. The molecule has 2 aromatic carbocycles. The maximum absolute atomic E-state index is 6.33. The summed E-state index contributed by atoms with van der Waals surface area (Å²) in [6.07, 6.45) is 0. The third-order valence-electron chi connectivity index (χ3n) is 5.05. The molecule has 142 valence electrons. The van der Waals surface area contributed by atoms with E-state index in [0.29, 0.717) is 11.6 Å². The van der Waals surface area contributed by atoms with Crippen molar-refractivity contribution in [3.8, 4) is 5.69 Å². The van der Waals surface area contributed by atoms with Crippen molar-refractivity contribution in [3.63, 3.8) is 0 Å². The van der Waals surface area contributed by atoms with Crippen LogP contribution in [0.2, 0.25) is 5.02 Å². The normalized spacial score (nSPS) is 16.8. The summed E-state index contributed by atoms with van der Waals surface area (Å²) < 4.78 is 7.35. The number of fused-ring (bicyclic) bond motifs is 3. The molecule has 28 heavy (non-hydrogen) atoms. The van der Waals surface area contributed by atoms with Crippen LogP contribution in [0.15, 0.2) is 53.5 Å². The summed E-state index contributed by atoms with van der Waals surface area (Å²) >= 11 is 6.33. The third kappa shape index (κ3) is 3.35. The minimum atomic E-state index is 0.479. The SMILES string of the molecule is Clc1ccc2c(c1)C(c1ccccc1)=NCc1nc(CN3CCOCC3)nn1-2. The van der Waals surface area contributed by atoms with Gasteiger partial charge in [-0.3, -0.25) is 9.89 Å². The lowest BCUT2D eigenvalue weighted by Gasteiger charge is -2.25. The highest BCUT2D eigenvalue weighted by atomic mass is 35.5. The number of halogens is 1. The number of nitrogens with zero attached hydrogens (tertiary/aromatic N) is 5. The molecule has 1 aromatic heterocycles. The van der Waals surface area contributed by atoms with Gasteiger partial charge in [0.15, 0.2) is 11.6 Å². The van der Waals surface area contributed by atoms with Crippen LogP contribution in [0.3, 0.4) is 0 Å². The largest absolute Gasteiger partial charge is 0.379 e. The first-order valence-corrected chi connectivity index (χ1v) is 9.81. The fourth-order valence-corrected chi connectivity index (χ4v) is 3.85. The summed E-state index contributed by atoms with van der Waals surface area (Å²) in [6, 6.07) is 16.0. The summed E-state index contributed by atoms with van der Waals surface area (Å²) in [7, 11) is 0. The summed E-state index contributed by atoms with van der Waals surface area (Å²) in [5, 5.41) is 5.49. The van der Waals surface area contributed by atoms with Crippen LogP contribution in [-0.4, -0.2) is 51.7 Å². The molecular weight excluding hydrogens is 374 g/mol. The molecule has 3 heterocycles. The van der Waals surface area contributed by atoms with E-state index in [4.69, 9.17) is 31.4 Å². The van der Waals surface area contributed by atoms with Gasteiger partial charge in [0.25, 0.3) is 0 Å². The van der Waals surface area contributed by atoms with Crippen LogP contribution in [0.1, 0.15) is 22.8 Å². The van der Waals surface area contributed by atoms with Crippen molar-refractivity contribution in [2.45, 2.75) is 13.1 Å². The van der Waals surface area contributed by atoms with Crippen LogP contribution >= 0.6 is 11.6 Å². The molecule has 2 aliphatic heterocycles. The van der Waals surface area contributed by atoms with Crippen LogP contribution in [0.25, 0.3) is 5.69 Å². The second kappa shape index (κ2) is 7.47. The molecular formula is C21H20ClN5O. The van der Waals surface area contributed by atoms with Crippen LogP contribution in [0.4, 0.5) is 0 Å². The second-order valence-electron chi connectivity index (χ2n) is 6.94. The number of aromatic nitrogens is 3. The zero-order chi connectivity index (χ0) is 18.9. The minimum absolute atomic E-state index is 0.479. The van der Waals surface area contributed by atoms with Crippen molar-refractivity contribution in [2.75, 3.05) is 26.3 Å². The molecule has 3 aromatic rings. The van der Waals surface area contributed by atoms with Crippen LogP contribution < -0.4 is 0 Å². The molecule has 0 radical (unpaired) electrons. The third-order valence-corrected chi connectivity index (χ3v) is 5.29. The molecule has 0 N–H and O–H groups in total. The summed E-state index contributed by atoms with van der Waals surface area (Å²) in [5.41, 5.74) is 3.91. The lowest BCUT2D eigenvalue weighted by Crippen LogP contribution is -2.36. The first-order valence-electron chi connectivity index (χ1n) is 9.43. The van der Waals surface area contributed by atoms with Gasteiger partial charge < -0.3 is 4.74 Å². The lowest BCUT2D eigenvalue weighted by molar-refractivity contribution is 0.0330. The van der Waals surface area contributed by atoms with E-state index in [1.807, 2.05) is 41.1 Å². The molecule has 1 saturated heterocycles. The summed E-state index contributed by atoms with van der Waals surface area (Å²) in [4.78, 5) is 12.0. The number of benzene rings is 2. The highest BCUT2D eigenvalue weighted by Crippen LogP contribution is 2.27. The molecule has 5 rings (SSSR count). The summed E-state index contributed by atoms with van der Waals surface area (Å²) in [6.45, 7) is 4.55. The first kappa shape index (κ1) is 17.6. The maximum atomic E-state index is 6.33. The zero-order valence-electron chi connectivity index (χ0n) is 15.4. The standard InChI is InChI=1S/C21H20ClN5O/c22-16-6-7-18-17(12-16)21(15-4-2-1-3-5-15)23-13-20-24-19(25-27(18)20)14-26-8-10-28-11-9-26/h1-7,12H,8-11,13-14H2. The van der Waals surface area contributed by atoms with E-state index in [2.05, 4.69) is 17.0 Å². The quantitative estimate of drug-likeness (QED) is 0.686. The van der Waals surface area contributed by atoms with Crippen LogP contribution in [-0.2, 0) is 17.8 Å². The zero-order valence-corrected chi connectivity index (χ0v) is 16.1. The molecule has 0 saturated carbocycles. The highest BCUT2D eigenvalue weighted by Gasteiger charge is 2.23. The van der Waals surface area contributed by atoms with Gasteiger partial charge in [-0.2, -0.15) is 0 Å². The number of aliphatic imine (C=N–C) groups is 1. The Labute approximate surface area is 168 Å². The van der Waals surface area contributed by atoms with E-state index in [-0.39, 0.29) is 0 Å². The van der Waals surface area contributed by atoms with Gasteiger partial charge in [-0.15, -0.1) is 5.10 Å². The minimum Gasteiger partial charge on any atom is -0.379 e. The number of ether oxygens (including phenoxy) is 1. The first-order chi connectivity index (χ1) is 13.8. The summed E-state index contributed by atoms with van der Waals surface area (Å²) in [5.74, 6) is 1.66. The Kier molecular flexibility index (Phi) is 4.68. The topological polar surface area (TPSA) is 55.5 Å². The van der Waals surface area contributed by atoms with E-state index in [9.17, 15) is 0 Å². The lowest BCUT2D eigenvalue weighted by atomic mass is 10.0. The van der Waals surface area contributed by atoms with E-state index in [1.54, 1.807) is 0 Å². The molecule has 2 aliphatic rings. The van der Waals surface area contributed by atoms with Crippen LogP contribution in [0.5, 0.6) is 0 Å². The van der Waals surface area contributed by atoms with E-state index < -0.39 is 0 Å². The van der Waals surface area contributed by atoms with Gasteiger partial charge in [0, 0.05) is 29.2 Å². The average molecular weight is 394 g/mol. The predicted molar refractivity (Wildman–Crippen MR) is 108 cm³/mol. The Bertz CT molecular complexity index is 1020. The Morgan fingerprint density at radius 1 is 1.04 bits per heavy atom. The fraction of sp³-hybridized carbons (Fsp3) is 0.286. The molecule has 7 heteroatoms. The van der Waals surface area contributed by atoms with E-state index >= 15 is 0 Å². The smallest absolute Gasteiger partial charge is 0.165 e. The van der Waals surface area contributed by atoms with E-state index in [1.165, 1.54) is 0 Å². The van der Waals surface area contributed by atoms with Crippen molar-refractivity contribution in [3.05, 3.63) is 76.3 Å². The molecule has 0 amide bonds. The molecule has 6 nitrogen and oxygen atoms in total. The monoisotopic (exact) mass is 393 g/mol. The second-order valence-corrected chi connectivity index (χ2v) is 7.37. The molecule has 0 atom stereocenters. The van der Waals surface area contributed by atoms with Crippen molar-refractivity contribution in [1.29, 1.82) is 0 Å². The van der Waals surface area contributed by atoms with Gasteiger partial charge in [-0.1, -0.05) is 41.9 Å². The predicted octanol–water partition coefficient (Wildman–Crippen LogP) is 3.10.